The van der Waals surface area contributed by atoms with E-state index in [1.165, 1.54) is 0 Å². The number of aldehydes is 1. The Balaban J connectivity index is 1.25. The van der Waals surface area contributed by atoms with Crippen LogP contribution in [-0.2, 0) is 11.3 Å². The van der Waals surface area contributed by atoms with Crippen molar-refractivity contribution in [2.24, 2.45) is 0 Å². The Morgan fingerprint density at radius 3 is 2.13 bits per heavy atom. The standard InChI is InChI=1S/C26H19NO4/c28-16-19-13-14-24(30-19)18-11-9-17(10-12-18)15-27-26(29)31-25-22-7-3-1-5-20(22)21-6-2-4-8-23(21)25/h1-14,16,25H,15H2,(H,27,29). The van der Waals surface area contributed by atoms with E-state index in [1.807, 2.05) is 72.8 Å². The van der Waals surface area contributed by atoms with Crippen molar-refractivity contribution in [1.29, 1.82) is 0 Å². The predicted octanol–water partition coefficient (Wildman–Crippen LogP) is 5.76. The molecule has 1 N–H and O–H groups in total. The fraction of sp³-hybridized carbons (Fsp3) is 0.0769. The average molecular weight is 409 g/mol. The predicted molar refractivity (Wildman–Crippen MR) is 117 cm³/mol. The van der Waals surface area contributed by atoms with E-state index >= 15 is 0 Å². The Morgan fingerprint density at radius 1 is 0.871 bits per heavy atom. The number of rotatable bonds is 5. The molecular formula is C26H19NO4. The smallest absolute Gasteiger partial charge is 0.408 e. The van der Waals surface area contributed by atoms with Crippen LogP contribution in [0.3, 0.4) is 0 Å². The summed E-state index contributed by atoms with van der Waals surface area (Å²) >= 11 is 0. The summed E-state index contributed by atoms with van der Waals surface area (Å²) in [5.74, 6) is 0.915. The molecule has 5 rings (SSSR count). The topological polar surface area (TPSA) is 68.5 Å². The molecule has 0 saturated carbocycles. The van der Waals surface area contributed by atoms with Crippen molar-refractivity contribution in [3.63, 3.8) is 0 Å². The maximum Gasteiger partial charge on any atom is 0.408 e. The van der Waals surface area contributed by atoms with Crippen LogP contribution in [0.15, 0.2) is 89.3 Å². The van der Waals surface area contributed by atoms with E-state index in [0.29, 0.717) is 24.4 Å². The molecule has 31 heavy (non-hydrogen) atoms. The van der Waals surface area contributed by atoms with Crippen LogP contribution in [0, 0.1) is 0 Å². The highest BCUT2D eigenvalue weighted by molar-refractivity contribution is 5.79. The maximum absolute atomic E-state index is 12.5. The van der Waals surface area contributed by atoms with E-state index < -0.39 is 12.2 Å². The van der Waals surface area contributed by atoms with E-state index in [1.54, 1.807) is 12.1 Å². The minimum atomic E-state index is -0.470. The third-order valence-corrected chi connectivity index (χ3v) is 5.42. The van der Waals surface area contributed by atoms with E-state index in [0.717, 1.165) is 33.4 Å². The molecule has 1 aliphatic rings. The van der Waals surface area contributed by atoms with Gasteiger partial charge in [0.15, 0.2) is 18.2 Å². The largest absolute Gasteiger partial charge is 0.453 e. The van der Waals surface area contributed by atoms with Gasteiger partial charge in [0, 0.05) is 23.2 Å². The molecule has 152 valence electrons. The number of benzene rings is 3. The molecule has 1 amide bonds. The van der Waals surface area contributed by atoms with Crippen LogP contribution in [-0.4, -0.2) is 12.4 Å². The van der Waals surface area contributed by atoms with Gasteiger partial charge in [0.25, 0.3) is 0 Å². The van der Waals surface area contributed by atoms with Gasteiger partial charge < -0.3 is 14.5 Å². The van der Waals surface area contributed by atoms with Gasteiger partial charge in [-0.15, -0.1) is 0 Å². The van der Waals surface area contributed by atoms with E-state index in [2.05, 4.69) is 5.32 Å². The first-order valence-electron chi connectivity index (χ1n) is 10.00. The van der Waals surface area contributed by atoms with Crippen molar-refractivity contribution in [1.82, 2.24) is 5.32 Å². The van der Waals surface area contributed by atoms with Gasteiger partial charge in [-0.25, -0.2) is 4.79 Å². The highest BCUT2D eigenvalue weighted by Gasteiger charge is 2.30. The fourth-order valence-corrected chi connectivity index (χ4v) is 3.92. The van der Waals surface area contributed by atoms with Crippen LogP contribution in [0.4, 0.5) is 4.79 Å². The molecule has 5 heteroatoms. The molecule has 0 saturated heterocycles. The average Bonchev–Trinajstić information content (AvgIpc) is 3.42. The van der Waals surface area contributed by atoms with Gasteiger partial charge in [0.05, 0.1) is 0 Å². The SMILES string of the molecule is O=Cc1ccc(-c2ccc(CNC(=O)OC3c4ccccc4-c4ccccc43)cc2)o1. The first-order valence-corrected chi connectivity index (χ1v) is 10.00. The van der Waals surface area contributed by atoms with Gasteiger partial charge in [0.1, 0.15) is 5.76 Å². The molecule has 0 atom stereocenters. The minimum Gasteiger partial charge on any atom is -0.453 e. The summed E-state index contributed by atoms with van der Waals surface area (Å²) in [6, 6.07) is 27.0. The lowest BCUT2D eigenvalue weighted by atomic mass is 10.1. The Kier molecular flexibility index (Phi) is 4.84. The van der Waals surface area contributed by atoms with Crippen LogP contribution < -0.4 is 5.32 Å². The number of amides is 1. The number of carbonyl (C=O) groups is 2. The molecule has 0 spiro atoms. The molecule has 4 aromatic rings. The summed E-state index contributed by atoms with van der Waals surface area (Å²) in [5.41, 5.74) is 5.98. The summed E-state index contributed by atoms with van der Waals surface area (Å²) < 4.78 is 11.2. The molecule has 1 aliphatic carbocycles. The van der Waals surface area contributed by atoms with Crippen molar-refractivity contribution in [2.45, 2.75) is 12.6 Å². The molecule has 0 bridgehead atoms. The van der Waals surface area contributed by atoms with Gasteiger partial charge in [-0.1, -0.05) is 72.8 Å². The highest BCUT2D eigenvalue weighted by atomic mass is 16.6. The normalized spacial score (nSPS) is 12.1. The highest BCUT2D eigenvalue weighted by Crippen LogP contribution is 2.44. The third kappa shape index (κ3) is 3.62. The molecule has 0 fully saturated rings. The van der Waals surface area contributed by atoms with Crippen LogP contribution >= 0.6 is 0 Å². The summed E-state index contributed by atoms with van der Waals surface area (Å²) in [6.45, 7) is 0.340. The number of hydrogen-bond donors (Lipinski definition) is 1. The molecular weight excluding hydrogens is 390 g/mol. The second kappa shape index (κ2) is 7.95. The number of ether oxygens (including phenoxy) is 1. The molecule has 0 aliphatic heterocycles. The molecule has 0 unspecified atom stereocenters. The maximum atomic E-state index is 12.5. The lowest BCUT2D eigenvalue weighted by Gasteiger charge is -2.15. The molecule has 3 aromatic carbocycles. The lowest BCUT2D eigenvalue weighted by molar-refractivity contribution is 0.110. The Morgan fingerprint density at radius 2 is 1.52 bits per heavy atom. The van der Waals surface area contributed by atoms with Gasteiger partial charge in [-0.2, -0.15) is 0 Å². The van der Waals surface area contributed by atoms with Crippen molar-refractivity contribution in [3.8, 4) is 22.5 Å². The number of nitrogens with one attached hydrogen (secondary N) is 1. The Hall–Kier alpha value is -4.12. The van der Waals surface area contributed by atoms with Crippen molar-refractivity contribution >= 4 is 12.4 Å². The van der Waals surface area contributed by atoms with Gasteiger partial charge in [0.2, 0.25) is 0 Å². The van der Waals surface area contributed by atoms with Gasteiger partial charge in [-0.3, -0.25) is 4.79 Å². The van der Waals surface area contributed by atoms with Crippen LogP contribution in [0.25, 0.3) is 22.5 Å². The van der Waals surface area contributed by atoms with Crippen molar-refractivity contribution < 1.29 is 18.7 Å². The Bertz CT molecular complexity index is 1210. The number of furan rings is 1. The van der Waals surface area contributed by atoms with Crippen LogP contribution in [0.2, 0.25) is 0 Å². The second-order valence-corrected chi connectivity index (χ2v) is 7.33. The molecule has 5 nitrogen and oxygen atoms in total. The van der Waals surface area contributed by atoms with E-state index in [9.17, 15) is 9.59 Å². The number of alkyl carbamates (subject to hydrolysis) is 1. The van der Waals surface area contributed by atoms with Crippen LogP contribution in [0.1, 0.15) is 33.3 Å². The molecule has 1 aromatic heterocycles. The Labute approximate surface area is 179 Å². The van der Waals surface area contributed by atoms with Gasteiger partial charge >= 0.3 is 6.09 Å². The third-order valence-electron chi connectivity index (χ3n) is 5.42. The van der Waals surface area contributed by atoms with E-state index in [-0.39, 0.29) is 0 Å². The first-order chi connectivity index (χ1) is 15.2. The van der Waals surface area contributed by atoms with Gasteiger partial charge in [-0.05, 0) is 28.8 Å². The van der Waals surface area contributed by atoms with E-state index in [4.69, 9.17) is 9.15 Å². The van der Waals surface area contributed by atoms with Crippen molar-refractivity contribution in [2.75, 3.05) is 0 Å². The molecule has 0 radical (unpaired) electrons. The molecule has 1 heterocycles. The van der Waals surface area contributed by atoms with Crippen LogP contribution in [0.5, 0.6) is 0 Å². The number of hydrogen-bond acceptors (Lipinski definition) is 4. The number of fused-ring (bicyclic) bond motifs is 3. The number of carbonyl (C=O) groups excluding carboxylic acids is 2. The second-order valence-electron chi connectivity index (χ2n) is 7.33. The zero-order chi connectivity index (χ0) is 21.2. The summed E-state index contributed by atoms with van der Waals surface area (Å²) in [6.07, 6.45) is -0.211. The zero-order valence-electron chi connectivity index (χ0n) is 16.6. The van der Waals surface area contributed by atoms with Crippen molar-refractivity contribution in [3.05, 3.63) is 107 Å². The first kappa shape index (κ1) is 18.9. The summed E-state index contributed by atoms with van der Waals surface area (Å²) in [5, 5.41) is 2.83. The lowest BCUT2D eigenvalue weighted by Crippen LogP contribution is -2.25. The zero-order valence-corrected chi connectivity index (χ0v) is 16.6. The summed E-state index contributed by atoms with van der Waals surface area (Å²) in [4.78, 5) is 23.3. The summed E-state index contributed by atoms with van der Waals surface area (Å²) in [7, 11) is 0. The monoisotopic (exact) mass is 409 g/mol. The quantitative estimate of drug-likeness (QED) is 0.426. The minimum absolute atomic E-state index is 0.290. The fourth-order valence-electron chi connectivity index (χ4n) is 3.92.